The minimum atomic E-state index is -0.577. The number of fused-ring (bicyclic) bond motifs is 2. The second-order valence-electron chi connectivity index (χ2n) is 7.71. The number of aromatic nitrogens is 4. The zero-order chi connectivity index (χ0) is 23.1. The van der Waals surface area contributed by atoms with E-state index in [-0.39, 0.29) is 12.2 Å². The van der Waals surface area contributed by atoms with Crippen LogP contribution in [0.4, 0.5) is 10.3 Å². The maximum absolute atomic E-state index is 12.8. The lowest BCUT2D eigenvalue weighted by Gasteiger charge is -2.12. The molecule has 0 aliphatic carbocycles. The van der Waals surface area contributed by atoms with E-state index in [1.165, 1.54) is 34.3 Å². The zero-order valence-corrected chi connectivity index (χ0v) is 19.8. The summed E-state index contributed by atoms with van der Waals surface area (Å²) in [5.41, 5.74) is -0.00839. The molecule has 10 nitrogen and oxygen atoms in total. The van der Waals surface area contributed by atoms with E-state index >= 15 is 0 Å². The number of hydrogen-bond donors (Lipinski definition) is 1. The predicted octanol–water partition coefficient (Wildman–Crippen LogP) is 2.40. The zero-order valence-electron chi connectivity index (χ0n) is 18.2. The molecule has 1 saturated heterocycles. The third-order valence-electron chi connectivity index (χ3n) is 5.47. The summed E-state index contributed by atoms with van der Waals surface area (Å²) in [4.78, 5) is 49.5. The van der Waals surface area contributed by atoms with Crippen LogP contribution in [0.2, 0.25) is 0 Å². The lowest BCUT2D eigenvalue weighted by atomic mass is 10.3. The van der Waals surface area contributed by atoms with Gasteiger partial charge >= 0.3 is 5.69 Å². The second-order valence-corrected chi connectivity index (χ2v) is 9.71. The molecule has 1 aliphatic heterocycles. The number of carbonyl (C=O) groups is 1. The van der Waals surface area contributed by atoms with Crippen molar-refractivity contribution in [1.29, 1.82) is 0 Å². The van der Waals surface area contributed by atoms with Crippen LogP contribution >= 0.6 is 22.7 Å². The first kappa shape index (κ1) is 21.6. The van der Waals surface area contributed by atoms with Gasteiger partial charge in [0.25, 0.3) is 5.56 Å². The van der Waals surface area contributed by atoms with Gasteiger partial charge in [-0.05, 0) is 31.9 Å². The van der Waals surface area contributed by atoms with Gasteiger partial charge in [0.1, 0.15) is 17.0 Å². The lowest BCUT2D eigenvalue weighted by molar-refractivity contribution is -0.116. The number of benzene rings is 1. The van der Waals surface area contributed by atoms with E-state index in [9.17, 15) is 14.4 Å². The van der Waals surface area contributed by atoms with E-state index in [1.54, 1.807) is 0 Å². The molecule has 0 radical (unpaired) electrons. The first-order chi connectivity index (χ1) is 15.9. The van der Waals surface area contributed by atoms with Gasteiger partial charge in [-0.15, -0.1) is 0 Å². The van der Waals surface area contributed by atoms with Crippen LogP contribution in [0.3, 0.4) is 0 Å². The minimum Gasteiger partial charge on any atom is -0.494 e. The third-order valence-corrected chi connectivity index (χ3v) is 7.51. The van der Waals surface area contributed by atoms with Crippen molar-refractivity contribution in [2.24, 2.45) is 7.05 Å². The van der Waals surface area contributed by atoms with Crippen LogP contribution in [0.25, 0.3) is 20.6 Å². The van der Waals surface area contributed by atoms with Gasteiger partial charge in [0.2, 0.25) is 5.91 Å². The number of ether oxygens (including phenoxy) is 1. The fourth-order valence-electron chi connectivity index (χ4n) is 3.84. The fourth-order valence-corrected chi connectivity index (χ4v) is 5.80. The molecule has 0 bridgehead atoms. The van der Waals surface area contributed by atoms with Gasteiger partial charge in [0.15, 0.2) is 15.9 Å². The fraction of sp³-hybridized carbons (Fsp3) is 0.381. The van der Waals surface area contributed by atoms with Crippen molar-refractivity contribution in [3.05, 3.63) is 39.0 Å². The smallest absolute Gasteiger partial charge is 0.332 e. The lowest BCUT2D eigenvalue weighted by Crippen LogP contribution is -2.39. The first-order valence-electron chi connectivity index (χ1n) is 10.6. The Hall–Kier alpha value is -3.25. The summed E-state index contributed by atoms with van der Waals surface area (Å²) in [5.74, 6) is 0.293. The van der Waals surface area contributed by atoms with Crippen molar-refractivity contribution >= 4 is 59.4 Å². The van der Waals surface area contributed by atoms with Crippen LogP contribution in [0, 0.1) is 0 Å². The molecule has 172 valence electrons. The molecule has 3 aromatic heterocycles. The van der Waals surface area contributed by atoms with E-state index in [4.69, 9.17) is 4.74 Å². The number of rotatable bonds is 6. The van der Waals surface area contributed by atoms with Crippen LogP contribution in [-0.2, 0) is 18.4 Å². The Morgan fingerprint density at radius 3 is 2.73 bits per heavy atom. The van der Waals surface area contributed by atoms with Gasteiger partial charge in [0.05, 0.1) is 16.8 Å². The van der Waals surface area contributed by atoms with E-state index in [2.05, 4.69) is 20.2 Å². The Morgan fingerprint density at radius 1 is 1.18 bits per heavy atom. The van der Waals surface area contributed by atoms with E-state index in [1.807, 2.05) is 25.1 Å². The number of anilines is 2. The highest BCUT2D eigenvalue weighted by atomic mass is 32.1. The molecule has 0 atom stereocenters. The summed E-state index contributed by atoms with van der Waals surface area (Å²) >= 11 is 2.60. The van der Waals surface area contributed by atoms with Crippen LogP contribution < -0.4 is 26.2 Å². The van der Waals surface area contributed by atoms with E-state index in [0.29, 0.717) is 27.3 Å². The molecule has 0 spiro atoms. The topological polar surface area (TPSA) is 111 Å². The third kappa shape index (κ3) is 4.00. The molecular formula is C21H22N6O4S2. The largest absolute Gasteiger partial charge is 0.494 e. The van der Waals surface area contributed by atoms with Crippen molar-refractivity contribution in [2.45, 2.75) is 26.3 Å². The Labute approximate surface area is 196 Å². The highest BCUT2D eigenvalue weighted by Gasteiger charge is 2.22. The second kappa shape index (κ2) is 8.60. The number of nitrogens with one attached hydrogen (secondary N) is 1. The average molecular weight is 487 g/mol. The van der Waals surface area contributed by atoms with Crippen LogP contribution in [0.15, 0.2) is 27.8 Å². The summed E-state index contributed by atoms with van der Waals surface area (Å²) in [6.07, 6.45) is 2.13. The molecule has 0 unspecified atom stereocenters. The summed E-state index contributed by atoms with van der Waals surface area (Å²) in [7, 11) is 1.41. The van der Waals surface area contributed by atoms with Crippen LogP contribution in [0.5, 0.6) is 5.75 Å². The normalized spacial score (nSPS) is 13.8. The summed E-state index contributed by atoms with van der Waals surface area (Å²) in [6, 6.07) is 5.57. The number of thiazole rings is 2. The maximum Gasteiger partial charge on any atom is 0.332 e. The summed E-state index contributed by atoms with van der Waals surface area (Å²) in [6.45, 7) is 3.93. The monoisotopic (exact) mass is 486 g/mol. The highest BCUT2D eigenvalue weighted by molar-refractivity contribution is 7.22. The van der Waals surface area contributed by atoms with Gasteiger partial charge in [-0.25, -0.2) is 14.8 Å². The van der Waals surface area contributed by atoms with Crippen molar-refractivity contribution in [2.75, 3.05) is 29.9 Å². The Morgan fingerprint density at radius 2 is 1.97 bits per heavy atom. The molecule has 4 aromatic rings. The van der Waals surface area contributed by atoms with Gasteiger partial charge in [0, 0.05) is 26.2 Å². The van der Waals surface area contributed by atoms with Crippen molar-refractivity contribution < 1.29 is 9.53 Å². The Balaban J connectivity index is 1.44. The molecule has 1 fully saturated rings. The minimum absolute atomic E-state index is 0.246. The molecule has 5 rings (SSSR count). The molecule has 12 heteroatoms. The summed E-state index contributed by atoms with van der Waals surface area (Å²) in [5, 5.41) is 3.89. The number of carbonyl (C=O) groups excluding carboxylic acids is 1. The SMILES string of the molecule is CCOc1ccc2sc(NC(=O)Cn3c(=O)n(C)c(=O)c4sc(N5CCCC5)nc43)nc2c1. The Kier molecular flexibility index (Phi) is 5.62. The Bertz CT molecular complexity index is 1480. The predicted molar refractivity (Wildman–Crippen MR) is 130 cm³/mol. The molecule has 1 aromatic carbocycles. The average Bonchev–Trinajstić information content (AvgIpc) is 3.54. The van der Waals surface area contributed by atoms with Crippen molar-refractivity contribution in [1.82, 2.24) is 19.1 Å². The number of amides is 1. The number of nitrogens with zero attached hydrogens (tertiary/aromatic N) is 5. The molecule has 1 N–H and O–H groups in total. The maximum atomic E-state index is 12.8. The van der Waals surface area contributed by atoms with Gasteiger partial charge in [-0.2, -0.15) is 0 Å². The quantitative estimate of drug-likeness (QED) is 0.445. The van der Waals surface area contributed by atoms with Crippen LogP contribution in [-0.4, -0.2) is 44.7 Å². The van der Waals surface area contributed by atoms with Gasteiger partial charge in [-0.1, -0.05) is 22.7 Å². The van der Waals surface area contributed by atoms with Gasteiger partial charge in [-0.3, -0.25) is 18.7 Å². The molecule has 1 aliphatic rings. The standard InChI is InChI=1S/C21H22N6O4S2/c1-3-31-12-6-7-14-13(10-12)22-19(32-14)23-15(28)11-27-17-16(18(29)25(2)21(27)30)33-20(24-17)26-8-4-5-9-26/h6-7,10H,3-5,8-9,11H2,1-2H3,(H,22,23,28). The highest BCUT2D eigenvalue weighted by Crippen LogP contribution is 2.30. The van der Waals surface area contributed by atoms with Crippen LogP contribution in [0.1, 0.15) is 19.8 Å². The van der Waals surface area contributed by atoms with Gasteiger partial charge < -0.3 is 15.0 Å². The van der Waals surface area contributed by atoms with E-state index < -0.39 is 17.2 Å². The van der Waals surface area contributed by atoms with E-state index in [0.717, 1.165) is 40.7 Å². The molecule has 4 heterocycles. The summed E-state index contributed by atoms with van der Waals surface area (Å²) < 4.78 is 9.05. The molecule has 33 heavy (non-hydrogen) atoms. The molecule has 1 amide bonds. The molecular weight excluding hydrogens is 464 g/mol. The van der Waals surface area contributed by atoms with Crippen molar-refractivity contribution in [3.8, 4) is 5.75 Å². The van der Waals surface area contributed by atoms with Crippen molar-refractivity contribution in [3.63, 3.8) is 0 Å². The number of hydrogen-bond acceptors (Lipinski definition) is 9. The molecule has 0 saturated carbocycles. The first-order valence-corrected chi connectivity index (χ1v) is 12.3.